The van der Waals surface area contributed by atoms with Gasteiger partial charge in [0.05, 0.1) is 31.0 Å². The van der Waals surface area contributed by atoms with Crippen LogP contribution in [0, 0.1) is 17.8 Å². The van der Waals surface area contributed by atoms with Crippen LogP contribution in [0.2, 0.25) is 18.1 Å². The summed E-state index contributed by atoms with van der Waals surface area (Å²) in [6.07, 6.45) is 11.1. The van der Waals surface area contributed by atoms with Crippen molar-refractivity contribution in [2.75, 3.05) is 14.2 Å². The summed E-state index contributed by atoms with van der Waals surface area (Å²) in [6.45, 7) is 20.6. The molecule has 1 saturated heterocycles. The van der Waals surface area contributed by atoms with E-state index in [1.165, 1.54) is 14.0 Å². The van der Waals surface area contributed by atoms with Gasteiger partial charge in [-0.2, -0.15) is 0 Å². The van der Waals surface area contributed by atoms with E-state index >= 15 is 0 Å². The second-order valence-corrected chi connectivity index (χ2v) is 20.5. The van der Waals surface area contributed by atoms with Gasteiger partial charge in [0.15, 0.2) is 8.32 Å². The molecule has 0 amide bonds. The van der Waals surface area contributed by atoms with Crippen molar-refractivity contribution in [3.05, 3.63) is 36.0 Å². The Hall–Kier alpha value is -1.86. The summed E-state index contributed by atoms with van der Waals surface area (Å²) < 4.78 is 21.9. The van der Waals surface area contributed by atoms with Gasteiger partial charge in [-0.1, -0.05) is 64.5 Å². The number of epoxide rings is 1. The molecule has 1 aliphatic rings. The van der Waals surface area contributed by atoms with Gasteiger partial charge in [0.1, 0.15) is 17.8 Å². The summed E-state index contributed by atoms with van der Waals surface area (Å²) >= 11 is 0. The van der Waals surface area contributed by atoms with Crippen LogP contribution in [-0.2, 0) is 28.5 Å². The van der Waals surface area contributed by atoms with Crippen molar-refractivity contribution in [1.82, 2.24) is 0 Å². The van der Waals surface area contributed by atoms with Crippen molar-refractivity contribution in [2.24, 2.45) is 23.5 Å². The zero-order valence-corrected chi connectivity index (χ0v) is 33.6. The van der Waals surface area contributed by atoms with Crippen LogP contribution < -0.4 is 5.73 Å². The molecular weight excluding hydrogens is 643 g/mol. The summed E-state index contributed by atoms with van der Waals surface area (Å²) in [7, 11) is 0.517. The lowest BCUT2D eigenvalue weighted by Crippen LogP contribution is -2.49. The minimum atomic E-state index is -2.53. The third-order valence-corrected chi connectivity index (χ3v) is 14.1. The molecule has 0 bridgehead atoms. The zero-order chi connectivity index (χ0) is 38.0. The SMILES string of the molecule is CC[C@H](OC)[C@@H](C)[C@H]1O[C@@H]1C(N)C(C)(O)/C=C/C=C(\C)C[C@@H](C)/C=C/[C@H](OC(C)=O)[C@](C)(O)CC[C@H](CC(=O)OC)CC(C)(C)[Si](C)(C)O. The van der Waals surface area contributed by atoms with Crippen LogP contribution in [0.5, 0.6) is 0 Å². The lowest BCUT2D eigenvalue weighted by molar-refractivity contribution is -0.156. The number of aliphatic hydroxyl groups is 2. The molecule has 11 heteroatoms. The number of hydrogen-bond donors (Lipinski definition) is 4. The molecule has 1 rings (SSSR count). The highest BCUT2D eigenvalue weighted by atomic mass is 28.4. The molecule has 10 nitrogen and oxygen atoms in total. The highest BCUT2D eigenvalue weighted by Crippen LogP contribution is 2.44. The number of hydrogen-bond acceptors (Lipinski definition) is 10. The minimum Gasteiger partial charge on any atom is -0.469 e. The maximum atomic E-state index is 12.2. The number of carbonyl (C=O) groups is 2. The number of allylic oxidation sites excluding steroid dienone is 4. The first-order chi connectivity index (χ1) is 22.4. The van der Waals surface area contributed by atoms with Crippen LogP contribution in [0.3, 0.4) is 0 Å². The Morgan fingerprint density at radius 2 is 1.63 bits per heavy atom. The third kappa shape index (κ3) is 14.7. The second-order valence-electron chi connectivity index (χ2n) is 16.0. The molecule has 1 heterocycles. The number of rotatable bonds is 22. The smallest absolute Gasteiger partial charge is 0.305 e. The average Bonchev–Trinajstić information content (AvgIpc) is 3.78. The number of ether oxygens (including phenoxy) is 4. The van der Waals surface area contributed by atoms with Crippen molar-refractivity contribution in [3.63, 3.8) is 0 Å². The fourth-order valence-corrected chi connectivity index (χ4v) is 7.14. The predicted octanol–water partition coefficient (Wildman–Crippen LogP) is 5.99. The fourth-order valence-electron chi connectivity index (χ4n) is 6.36. The molecule has 49 heavy (non-hydrogen) atoms. The zero-order valence-electron chi connectivity index (χ0n) is 32.6. The number of methoxy groups -OCH3 is 2. The molecule has 5 N–H and O–H groups in total. The Kier molecular flexibility index (Phi) is 17.6. The van der Waals surface area contributed by atoms with E-state index in [1.807, 2.05) is 59.0 Å². The summed E-state index contributed by atoms with van der Waals surface area (Å²) in [6, 6.07) is -0.585. The first-order valence-electron chi connectivity index (χ1n) is 17.8. The van der Waals surface area contributed by atoms with E-state index in [0.29, 0.717) is 19.3 Å². The van der Waals surface area contributed by atoms with Gasteiger partial charge in [-0.05, 0) is 88.9 Å². The molecule has 1 aliphatic heterocycles. The molecule has 0 saturated carbocycles. The predicted molar refractivity (Wildman–Crippen MR) is 197 cm³/mol. The lowest BCUT2D eigenvalue weighted by atomic mass is 9.83. The molecule has 2 unspecified atom stereocenters. The molecule has 0 aliphatic carbocycles. The highest BCUT2D eigenvalue weighted by Gasteiger charge is 2.52. The van der Waals surface area contributed by atoms with Crippen molar-refractivity contribution >= 4 is 20.3 Å². The van der Waals surface area contributed by atoms with Crippen molar-refractivity contribution < 1.29 is 43.5 Å². The van der Waals surface area contributed by atoms with E-state index in [4.69, 9.17) is 24.7 Å². The van der Waals surface area contributed by atoms with E-state index in [0.717, 1.165) is 12.0 Å². The topological polar surface area (TPSA) is 161 Å². The molecule has 0 radical (unpaired) electrons. The Morgan fingerprint density at radius 3 is 2.14 bits per heavy atom. The monoisotopic (exact) mass is 711 g/mol. The van der Waals surface area contributed by atoms with Gasteiger partial charge in [0.25, 0.3) is 0 Å². The largest absolute Gasteiger partial charge is 0.469 e. The quantitative estimate of drug-likeness (QED) is 0.0345. The molecule has 0 aromatic rings. The Labute approximate surface area is 297 Å². The average molecular weight is 712 g/mol. The fraction of sp³-hybridized carbons (Fsp3) is 0.789. The Bertz CT molecular complexity index is 1140. The molecule has 0 aromatic heterocycles. The number of nitrogens with two attached hydrogens (primary N) is 1. The standard InChI is InChI=1S/C38H69NO9Si/c1-14-30(45-10)27(4)33-34(48-33)35(39)38(9,43)20-15-16-25(2)22-26(3)17-18-31(47-28(5)40)37(8,42)21-19-29(23-32(41)46-11)24-36(6,7)49(12,13)44/h15-18,20,26-27,29-31,33-35,42-44H,14,19,21-24,39H2,1-13H3/b18-17+,20-15+,25-16+/t26-,27+,29+,30-,31-,33+,34-,35?,37+,38?/m0/s1. The summed E-state index contributed by atoms with van der Waals surface area (Å²) in [5.41, 5.74) is 4.84. The molecule has 0 spiro atoms. The summed E-state index contributed by atoms with van der Waals surface area (Å²) in [5, 5.41) is 22.3. The van der Waals surface area contributed by atoms with E-state index in [1.54, 1.807) is 33.1 Å². The van der Waals surface area contributed by atoms with Crippen LogP contribution >= 0.6 is 0 Å². The molecule has 284 valence electrons. The van der Waals surface area contributed by atoms with Gasteiger partial charge in [0, 0.05) is 26.4 Å². The maximum Gasteiger partial charge on any atom is 0.305 e. The van der Waals surface area contributed by atoms with Crippen LogP contribution in [0.4, 0.5) is 0 Å². The van der Waals surface area contributed by atoms with E-state index < -0.39 is 37.6 Å². The lowest BCUT2D eigenvalue weighted by Gasteiger charge is -2.38. The number of esters is 2. The normalized spacial score (nSPS) is 23.7. The minimum absolute atomic E-state index is 0.0464. The van der Waals surface area contributed by atoms with Gasteiger partial charge >= 0.3 is 11.9 Å². The Balaban J connectivity index is 2.93. The van der Waals surface area contributed by atoms with Crippen LogP contribution in [0.25, 0.3) is 0 Å². The first-order valence-corrected chi connectivity index (χ1v) is 20.7. The van der Waals surface area contributed by atoms with E-state index in [-0.39, 0.29) is 59.9 Å². The summed E-state index contributed by atoms with van der Waals surface area (Å²) in [5.74, 6) is -0.740. The van der Waals surface area contributed by atoms with Gasteiger partial charge < -0.3 is 39.7 Å². The highest BCUT2D eigenvalue weighted by molar-refractivity contribution is 6.72. The van der Waals surface area contributed by atoms with Gasteiger partial charge in [-0.25, -0.2) is 0 Å². The molecular formula is C38H69NO9Si. The van der Waals surface area contributed by atoms with Gasteiger partial charge in [-0.15, -0.1) is 0 Å². The van der Waals surface area contributed by atoms with Crippen molar-refractivity contribution in [3.8, 4) is 0 Å². The molecule has 10 atom stereocenters. The second kappa shape index (κ2) is 19.1. The van der Waals surface area contributed by atoms with E-state index in [9.17, 15) is 24.6 Å². The van der Waals surface area contributed by atoms with Gasteiger partial charge in [0.2, 0.25) is 0 Å². The Morgan fingerprint density at radius 1 is 1.02 bits per heavy atom. The van der Waals surface area contributed by atoms with E-state index in [2.05, 4.69) is 13.8 Å². The van der Waals surface area contributed by atoms with Crippen molar-refractivity contribution in [1.29, 1.82) is 0 Å². The van der Waals surface area contributed by atoms with Gasteiger partial charge in [-0.3, -0.25) is 9.59 Å². The van der Waals surface area contributed by atoms with Crippen LogP contribution in [-0.4, -0.2) is 91.1 Å². The molecule has 0 aromatic carbocycles. The van der Waals surface area contributed by atoms with Crippen LogP contribution in [0.1, 0.15) is 101 Å². The molecule has 1 fully saturated rings. The first kappa shape index (κ1) is 45.2. The summed E-state index contributed by atoms with van der Waals surface area (Å²) in [4.78, 5) is 35.1. The van der Waals surface area contributed by atoms with Crippen LogP contribution in [0.15, 0.2) is 36.0 Å². The maximum absolute atomic E-state index is 12.2. The number of carbonyl (C=O) groups excluding carboxylic acids is 2. The third-order valence-electron chi connectivity index (χ3n) is 10.6. The van der Waals surface area contributed by atoms with Crippen molar-refractivity contribution in [2.45, 2.75) is 161 Å².